The van der Waals surface area contributed by atoms with Gasteiger partial charge in [0.2, 0.25) is 5.95 Å². The van der Waals surface area contributed by atoms with Crippen LogP contribution in [0.2, 0.25) is 0 Å². The maximum atomic E-state index is 12.4. The van der Waals surface area contributed by atoms with Crippen LogP contribution in [-0.4, -0.2) is 52.2 Å². The number of aromatic nitrogens is 3. The summed E-state index contributed by atoms with van der Waals surface area (Å²) in [5.41, 5.74) is 7.15. The highest BCUT2D eigenvalue weighted by molar-refractivity contribution is 5.92. The molecule has 2 aromatic rings. The molecule has 4 atom stereocenters. The third-order valence-corrected chi connectivity index (χ3v) is 6.46. The van der Waals surface area contributed by atoms with Crippen LogP contribution in [0, 0.1) is 18.8 Å². The van der Waals surface area contributed by atoms with Crippen molar-refractivity contribution in [1.29, 1.82) is 0 Å². The highest BCUT2D eigenvalue weighted by Crippen LogP contribution is 2.55. The zero-order valence-corrected chi connectivity index (χ0v) is 15.8. The second-order valence-electron chi connectivity index (χ2n) is 8.07. The SMILES string of the molecule is Cc1cnc(N2C[C@@H]3[C@H](CNC(=O)c4ccccn4)[C@H]4CC[C@]3(C2)O4)nc1N. The molecule has 3 saturated heterocycles. The van der Waals surface area contributed by atoms with Crippen LogP contribution in [0.15, 0.2) is 30.6 Å². The van der Waals surface area contributed by atoms with E-state index in [0.717, 1.165) is 31.5 Å². The normalized spacial score (nSPS) is 30.5. The Labute approximate surface area is 163 Å². The number of aryl methyl sites for hydroxylation is 1. The van der Waals surface area contributed by atoms with Crippen LogP contribution >= 0.6 is 0 Å². The molecule has 2 aromatic heterocycles. The number of carbonyl (C=O) groups excluding carboxylic acids is 1. The van der Waals surface area contributed by atoms with Crippen LogP contribution in [0.3, 0.4) is 0 Å². The molecule has 5 heterocycles. The van der Waals surface area contributed by atoms with Gasteiger partial charge in [-0.1, -0.05) is 6.07 Å². The summed E-state index contributed by atoms with van der Waals surface area (Å²) in [6.07, 6.45) is 5.69. The van der Waals surface area contributed by atoms with Gasteiger partial charge in [-0.3, -0.25) is 9.78 Å². The van der Waals surface area contributed by atoms with Gasteiger partial charge in [-0.15, -0.1) is 0 Å². The van der Waals surface area contributed by atoms with Crippen LogP contribution in [0.25, 0.3) is 0 Å². The third kappa shape index (κ3) is 2.71. The van der Waals surface area contributed by atoms with Gasteiger partial charge in [0, 0.05) is 42.9 Å². The fourth-order valence-corrected chi connectivity index (χ4v) is 5.01. The van der Waals surface area contributed by atoms with Gasteiger partial charge in [0.15, 0.2) is 0 Å². The van der Waals surface area contributed by atoms with Crippen molar-refractivity contribution in [1.82, 2.24) is 20.3 Å². The number of carbonyl (C=O) groups is 1. The monoisotopic (exact) mass is 380 g/mol. The van der Waals surface area contributed by atoms with Gasteiger partial charge in [-0.25, -0.2) is 4.98 Å². The van der Waals surface area contributed by atoms with Crippen molar-refractivity contribution in [2.45, 2.75) is 31.5 Å². The van der Waals surface area contributed by atoms with E-state index in [9.17, 15) is 4.79 Å². The number of fused-ring (bicyclic) bond motifs is 1. The molecule has 1 amide bonds. The van der Waals surface area contributed by atoms with Crippen molar-refractivity contribution in [3.8, 4) is 0 Å². The lowest BCUT2D eigenvalue weighted by Crippen LogP contribution is -2.42. The molecule has 3 fully saturated rings. The summed E-state index contributed by atoms with van der Waals surface area (Å²) in [5, 5.41) is 3.06. The van der Waals surface area contributed by atoms with E-state index in [1.165, 1.54) is 0 Å². The lowest BCUT2D eigenvalue weighted by atomic mass is 9.73. The first kappa shape index (κ1) is 17.4. The molecular weight excluding hydrogens is 356 g/mol. The summed E-state index contributed by atoms with van der Waals surface area (Å²) in [5.74, 6) is 1.68. The average Bonchev–Trinajstić information content (AvgIpc) is 3.37. The van der Waals surface area contributed by atoms with E-state index in [1.54, 1.807) is 24.5 Å². The first-order valence-corrected chi connectivity index (χ1v) is 9.77. The Morgan fingerprint density at radius 3 is 3.11 bits per heavy atom. The number of pyridine rings is 1. The van der Waals surface area contributed by atoms with Crippen LogP contribution in [-0.2, 0) is 4.74 Å². The van der Waals surface area contributed by atoms with E-state index in [1.807, 2.05) is 13.0 Å². The standard InChI is InChI=1S/C20H24N6O2/c1-12-8-24-19(25-17(12)21)26-10-14-13(16-5-6-20(14,11-26)28-16)9-23-18(27)15-4-2-3-7-22-15/h2-4,7-8,13-14,16H,5-6,9-11H2,1H3,(H,23,27)(H2,21,24,25)/t13-,14+,16+,20+/m0/s1. The molecule has 8 nitrogen and oxygen atoms in total. The first-order chi connectivity index (χ1) is 13.6. The highest BCUT2D eigenvalue weighted by atomic mass is 16.5. The first-order valence-electron chi connectivity index (χ1n) is 9.77. The predicted octanol–water partition coefficient (Wildman–Crippen LogP) is 1.18. The Balaban J connectivity index is 1.30. The summed E-state index contributed by atoms with van der Waals surface area (Å²) in [6, 6.07) is 5.35. The summed E-state index contributed by atoms with van der Waals surface area (Å²) in [4.78, 5) is 27.6. The molecule has 1 spiro atoms. The summed E-state index contributed by atoms with van der Waals surface area (Å²) in [7, 11) is 0. The Morgan fingerprint density at radius 1 is 1.43 bits per heavy atom. The number of ether oxygens (including phenoxy) is 1. The van der Waals surface area contributed by atoms with Crippen LogP contribution < -0.4 is 16.0 Å². The van der Waals surface area contributed by atoms with Crippen molar-refractivity contribution < 1.29 is 9.53 Å². The second-order valence-corrected chi connectivity index (χ2v) is 8.07. The van der Waals surface area contributed by atoms with Gasteiger partial charge in [-0.2, -0.15) is 4.98 Å². The smallest absolute Gasteiger partial charge is 0.269 e. The molecule has 3 N–H and O–H groups in total. The van der Waals surface area contributed by atoms with E-state index in [0.29, 0.717) is 29.9 Å². The van der Waals surface area contributed by atoms with Gasteiger partial charge in [0.1, 0.15) is 11.5 Å². The largest absolute Gasteiger partial charge is 0.383 e. The molecule has 8 heteroatoms. The second kappa shape index (κ2) is 6.41. The third-order valence-electron chi connectivity index (χ3n) is 6.46. The van der Waals surface area contributed by atoms with E-state index < -0.39 is 0 Å². The average molecular weight is 380 g/mol. The van der Waals surface area contributed by atoms with Crippen molar-refractivity contribution in [2.75, 3.05) is 30.3 Å². The van der Waals surface area contributed by atoms with E-state index >= 15 is 0 Å². The molecule has 2 bridgehead atoms. The summed E-state index contributed by atoms with van der Waals surface area (Å²) >= 11 is 0. The molecule has 146 valence electrons. The molecular formula is C20H24N6O2. The topological polar surface area (TPSA) is 106 Å². The Kier molecular flexibility index (Phi) is 3.97. The van der Waals surface area contributed by atoms with E-state index in [2.05, 4.69) is 25.2 Å². The quantitative estimate of drug-likeness (QED) is 0.820. The van der Waals surface area contributed by atoms with Gasteiger partial charge in [-0.05, 0) is 31.9 Å². The van der Waals surface area contributed by atoms with Crippen molar-refractivity contribution in [2.24, 2.45) is 11.8 Å². The predicted molar refractivity (Wildman–Crippen MR) is 104 cm³/mol. The zero-order valence-electron chi connectivity index (χ0n) is 15.8. The lowest BCUT2D eigenvalue weighted by molar-refractivity contribution is 0.0141. The van der Waals surface area contributed by atoms with Crippen LogP contribution in [0.1, 0.15) is 28.9 Å². The number of nitrogens with zero attached hydrogens (tertiary/aromatic N) is 4. The molecule has 28 heavy (non-hydrogen) atoms. The van der Waals surface area contributed by atoms with E-state index in [4.69, 9.17) is 10.5 Å². The molecule has 0 unspecified atom stereocenters. The molecule has 0 aromatic carbocycles. The van der Waals surface area contributed by atoms with E-state index in [-0.39, 0.29) is 23.5 Å². The fourth-order valence-electron chi connectivity index (χ4n) is 5.01. The van der Waals surface area contributed by atoms with Crippen molar-refractivity contribution in [3.63, 3.8) is 0 Å². The van der Waals surface area contributed by atoms with Crippen LogP contribution in [0.4, 0.5) is 11.8 Å². The van der Waals surface area contributed by atoms with Gasteiger partial charge in [0.05, 0.1) is 18.2 Å². The minimum atomic E-state index is -0.159. The number of hydrogen-bond acceptors (Lipinski definition) is 7. The summed E-state index contributed by atoms with van der Waals surface area (Å²) < 4.78 is 6.44. The molecule has 5 rings (SSSR count). The number of rotatable bonds is 4. The number of nitrogens with one attached hydrogen (secondary N) is 1. The number of amides is 1. The maximum absolute atomic E-state index is 12.4. The summed E-state index contributed by atoms with van der Waals surface area (Å²) in [6.45, 7) is 4.10. The minimum Gasteiger partial charge on any atom is -0.383 e. The molecule has 0 saturated carbocycles. The Bertz CT molecular complexity index is 907. The fraction of sp³-hybridized carbons (Fsp3) is 0.500. The van der Waals surface area contributed by atoms with Crippen LogP contribution in [0.5, 0.6) is 0 Å². The molecule has 3 aliphatic heterocycles. The van der Waals surface area contributed by atoms with Gasteiger partial charge in [0.25, 0.3) is 5.91 Å². The number of nitrogen functional groups attached to an aromatic ring is 1. The maximum Gasteiger partial charge on any atom is 0.269 e. The Morgan fingerprint density at radius 2 is 2.32 bits per heavy atom. The van der Waals surface area contributed by atoms with Crippen molar-refractivity contribution >= 4 is 17.7 Å². The van der Waals surface area contributed by atoms with Crippen molar-refractivity contribution in [3.05, 3.63) is 41.9 Å². The number of nitrogens with two attached hydrogens (primary N) is 1. The van der Waals surface area contributed by atoms with Gasteiger partial charge < -0.3 is 20.7 Å². The molecule has 0 radical (unpaired) electrons. The number of anilines is 2. The number of hydrogen-bond donors (Lipinski definition) is 2. The Hall–Kier alpha value is -2.74. The molecule has 3 aliphatic rings. The minimum absolute atomic E-state index is 0.137. The lowest BCUT2D eigenvalue weighted by Gasteiger charge is -2.29. The highest BCUT2D eigenvalue weighted by Gasteiger charge is 2.63. The molecule has 0 aliphatic carbocycles. The zero-order chi connectivity index (χ0) is 19.3. The van der Waals surface area contributed by atoms with Gasteiger partial charge >= 0.3 is 0 Å².